The zero-order valence-corrected chi connectivity index (χ0v) is 17.6. The van der Waals surface area contributed by atoms with Crippen LogP contribution in [0.5, 0.6) is 0 Å². The summed E-state index contributed by atoms with van der Waals surface area (Å²) in [5.74, 6) is -0.222. The molecule has 2 unspecified atom stereocenters. The molecule has 2 atom stereocenters. The number of nitro groups is 1. The fraction of sp³-hybridized carbons (Fsp3) is 0.300. The molecular formula is C20H21AsN2O4. The molecule has 0 saturated heterocycles. The second-order valence-electron chi connectivity index (χ2n) is 6.42. The van der Waals surface area contributed by atoms with Gasteiger partial charge in [-0.2, -0.15) is 0 Å². The van der Waals surface area contributed by atoms with Crippen LogP contribution in [0.2, 0.25) is 5.21 Å². The molecule has 0 bridgehead atoms. The van der Waals surface area contributed by atoms with E-state index in [-0.39, 0.29) is 22.7 Å². The van der Waals surface area contributed by atoms with Crippen molar-refractivity contribution in [3.63, 3.8) is 0 Å². The van der Waals surface area contributed by atoms with Crippen molar-refractivity contribution in [1.82, 2.24) is 4.98 Å². The first-order valence-electron chi connectivity index (χ1n) is 8.82. The molecule has 3 rings (SSSR count). The molecule has 0 amide bonds. The number of nitro benzene ring substituents is 1. The van der Waals surface area contributed by atoms with Crippen molar-refractivity contribution in [2.45, 2.75) is 38.5 Å². The molecule has 2 aromatic carbocycles. The number of carbonyl (C=O) groups is 1. The van der Waals surface area contributed by atoms with Gasteiger partial charge in [0.1, 0.15) is 0 Å². The van der Waals surface area contributed by atoms with E-state index in [1.165, 1.54) is 0 Å². The van der Waals surface area contributed by atoms with Crippen molar-refractivity contribution in [3.05, 3.63) is 52.1 Å². The molecule has 0 fully saturated rings. The summed E-state index contributed by atoms with van der Waals surface area (Å²) in [6.45, 7) is 5.56. The van der Waals surface area contributed by atoms with E-state index in [4.69, 9.17) is 9.72 Å². The Morgan fingerprint density at radius 2 is 2.04 bits per heavy atom. The van der Waals surface area contributed by atoms with Gasteiger partial charge in [-0.15, -0.1) is 0 Å². The molecule has 27 heavy (non-hydrogen) atoms. The van der Waals surface area contributed by atoms with Crippen LogP contribution in [0.15, 0.2) is 36.4 Å². The van der Waals surface area contributed by atoms with E-state index in [9.17, 15) is 14.9 Å². The Morgan fingerprint density at radius 1 is 1.30 bits per heavy atom. The summed E-state index contributed by atoms with van der Waals surface area (Å²) in [5.41, 5.74) is 2.52. The molecule has 6 nitrogen and oxygen atoms in total. The number of hydrogen-bond acceptors (Lipinski definition) is 5. The van der Waals surface area contributed by atoms with E-state index in [0.29, 0.717) is 22.5 Å². The van der Waals surface area contributed by atoms with Gasteiger partial charge in [-0.25, -0.2) is 0 Å². The molecular weight excluding hydrogens is 407 g/mol. The quantitative estimate of drug-likeness (QED) is 0.198. The van der Waals surface area contributed by atoms with Crippen LogP contribution in [-0.4, -0.2) is 37.7 Å². The summed E-state index contributed by atoms with van der Waals surface area (Å²) < 4.78 is 6.39. The van der Waals surface area contributed by atoms with Crippen LogP contribution in [0.3, 0.4) is 0 Å². The maximum atomic E-state index is 11.7. The predicted octanol–water partition coefficient (Wildman–Crippen LogP) is 3.43. The van der Waals surface area contributed by atoms with Crippen LogP contribution in [0.25, 0.3) is 21.8 Å². The zero-order chi connectivity index (χ0) is 19.6. The molecule has 0 saturated carbocycles. The van der Waals surface area contributed by atoms with Crippen molar-refractivity contribution < 1.29 is 14.5 Å². The minimum absolute atomic E-state index is 0.0887. The van der Waals surface area contributed by atoms with Crippen molar-refractivity contribution in [1.29, 1.82) is 0 Å². The van der Waals surface area contributed by atoms with Gasteiger partial charge >= 0.3 is 164 Å². The molecule has 3 aromatic rings. The van der Waals surface area contributed by atoms with E-state index in [0.717, 1.165) is 20.8 Å². The van der Waals surface area contributed by atoms with Crippen molar-refractivity contribution in [2.75, 3.05) is 0 Å². The Hall–Kier alpha value is -2.46. The summed E-state index contributed by atoms with van der Waals surface area (Å²) in [7, 11) is 0. The second kappa shape index (κ2) is 8.05. The van der Waals surface area contributed by atoms with Crippen molar-refractivity contribution in [3.8, 4) is 0 Å². The number of hydrogen-bond donors (Lipinski definition) is 0. The number of ether oxygens (including phenoxy) is 1. The first-order chi connectivity index (χ1) is 12.9. The number of pyridine rings is 1. The Balaban J connectivity index is 2.16. The van der Waals surface area contributed by atoms with Gasteiger partial charge in [-0.05, 0) is 0 Å². The second-order valence-corrected chi connectivity index (χ2v) is 9.07. The first-order valence-corrected chi connectivity index (χ1v) is 11.4. The number of carbonyl (C=O) groups excluding carboxylic acids is 1. The third kappa shape index (κ3) is 3.96. The van der Waals surface area contributed by atoms with E-state index in [1.54, 1.807) is 19.1 Å². The monoisotopic (exact) mass is 428 g/mol. The van der Waals surface area contributed by atoms with Crippen LogP contribution in [-0.2, 0) is 9.53 Å². The van der Waals surface area contributed by atoms with Gasteiger partial charge in [-0.1, -0.05) is 0 Å². The molecule has 0 aliphatic heterocycles. The third-order valence-corrected chi connectivity index (χ3v) is 7.86. The number of aryl methyl sites for hydroxylation is 1. The number of non-ortho nitro benzene ring substituents is 1. The van der Waals surface area contributed by atoms with Crippen LogP contribution in [0.1, 0.15) is 25.8 Å². The molecule has 0 radical (unpaired) electrons. The van der Waals surface area contributed by atoms with Crippen LogP contribution in [0, 0.1) is 17.0 Å². The molecule has 1 heterocycles. The van der Waals surface area contributed by atoms with Gasteiger partial charge in [0.25, 0.3) is 0 Å². The van der Waals surface area contributed by atoms with Gasteiger partial charge in [-0.3, -0.25) is 0 Å². The number of rotatable bonds is 6. The van der Waals surface area contributed by atoms with E-state index < -0.39 is 15.8 Å². The third-order valence-electron chi connectivity index (χ3n) is 4.40. The number of fused-ring (bicyclic) bond motifs is 2. The van der Waals surface area contributed by atoms with Gasteiger partial charge in [0.2, 0.25) is 0 Å². The Labute approximate surface area is 163 Å². The Morgan fingerprint density at radius 3 is 2.74 bits per heavy atom. The first kappa shape index (κ1) is 19.3. The summed E-state index contributed by atoms with van der Waals surface area (Å²) in [4.78, 5) is 27.6. The summed E-state index contributed by atoms with van der Waals surface area (Å²) in [6, 6.07) is 11.1. The average molecular weight is 428 g/mol. The zero-order valence-electron chi connectivity index (χ0n) is 15.5. The van der Waals surface area contributed by atoms with Crippen LogP contribution in [0.4, 0.5) is 5.69 Å². The van der Waals surface area contributed by atoms with Gasteiger partial charge < -0.3 is 0 Å². The molecule has 7 heteroatoms. The van der Waals surface area contributed by atoms with Gasteiger partial charge in [0.05, 0.1) is 0 Å². The van der Waals surface area contributed by atoms with Crippen LogP contribution >= 0.6 is 0 Å². The number of para-hydroxylation sites is 1. The maximum absolute atomic E-state index is 11.7. The number of esters is 1. The molecule has 0 aliphatic carbocycles. The van der Waals surface area contributed by atoms with Crippen LogP contribution < -0.4 is 4.35 Å². The SMILES string of the molecule is CCC(=O)OC(C)C[AsH]c1c2ccccc2nc2c(C)ccc([N+](=O)[O-])c12. The Kier molecular flexibility index (Phi) is 5.76. The normalized spacial score (nSPS) is 12.7. The van der Waals surface area contributed by atoms with E-state index in [2.05, 4.69) is 0 Å². The fourth-order valence-electron chi connectivity index (χ4n) is 3.04. The number of aromatic nitrogens is 1. The molecule has 0 N–H and O–H groups in total. The summed E-state index contributed by atoms with van der Waals surface area (Å²) >= 11 is -0.794. The number of benzene rings is 2. The molecule has 0 spiro atoms. The molecule has 140 valence electrons. The predicted molar refractivity (Wildman–Crippen MR) is 108 cm³/mol. The molecule has 1 aromatic heterocycles. The summed E-state index contributed by atoms with van der Waals surface area (Å²) in [5, 5.41) is 14.0. The van der Waals surface area contributed by atoms with E-state index in [1.807, 2.05) is 38.1 Å². The topological polar surface area (TPSA) is 82.3 Å². The van der Waals surface area contributed by atoms with Gasteiger partial charge in [0.15, 0.2) is 0 Å². The summed E-state index contributed by atoms with van der Waals surface area (Å²) in [6.07, 6.45) is 0.138. The fourth-order valence-corrected chi connectivity index (χ4v) is 5.98. The van der Waals surface area contributed by atoms with E-state index >= 15 is 0 Å². The minimum atomic E-state index is -0.794. The number of nitrogens with zero attached hydrogens (tertiary/aromatic N) is 2. The Bertz CT molecular complexity index is 1040. The van der Waals surface area contributed by atoms with Crippen molar-refractivity contribution in [2.24, 2.45) is 0 Å². The average Bonchev–Trinajstić information content (AvgIpc) is 2.65. The molecule has 0 aliphatic rings. The van der Waals surface area contributed by atoms with Gasteiger partial charge in [0, 0.05) is 0 Å². The van der Waals surface area contributed by atoms with Crippen molar-refractivity contribution >= 4 is 53.6 Å². The standard InChI is InChI=1S/C20H21AsN2O4/c1-4-17(24)27-13(3)11-21-19-14-7-5-6-8-15(14)22-20-12(2)9-10-16(18(19)20)23(25)26/h5-10,13,21H,4,11H2,1-3H3.